The first-order chi connectivity index (χ1) is 17.0. The number of nitrogens with zero attached hydrogens (tertiary/aromatic N) is 4. The number of aromatic nitrogens is 4. The lowest BCUT2D eigenvalue weighted by Crippen LogP contribution is -2.07. The second-order valence-electron chi connectivity index (χ2n) is 8.00. The number of nitrogens with one attached hydrogen (secondary N) is 2. The van der Waals surface area contributed by atoms with Gasteiger partial charge in [-0.3, -0.25) is 20.5 Å². The number of fused-ring (bicyclic) bond motifs is 3. The maximum Gasteiger partial charge on any atom is 0.285 e. The Kier molecular flexibility index (Phi) is 6.40. The summed E-state index contributed by atoms with van der Waals surface area (Å²) in [6, 6.07) is 11.6. The molecule has 1 aromatic carbocycles. The SMILES string of the molecule is CCSC(=O)Nc1nc2c(s1)-c1c(c(-c3ccc(C)nc3)nn1-c1ccc(C(=N)OC)cc1)CC2. The number of thioether (sulfide) groups is 1. The van der Waals surface area contributed by atoms with Crippen molar-refractivity contribution in [3.63, 3.8) is 0 Å². The lowest BCUT2D eigenvalue weighted by atomic mass is 9.95. The highest BCUT2D eigenvalue weighted by atomic mass is 32.2. The summed E-state index contributed by atoms with van der Waals surface area (Å²) in [4.78, 5) is 22.4. The molecule has 178 valence electrons. The molecule has 0 saturated heterocycles. The number of hydrogen-bond acceptors (Lipinski definition) is 8. The van der Waals surface area contributed by atoms with E-state index < -0.39 is 0 Å². The molecule has 5 rings (SSSR count). The molecular formula is C25H24N6O2S2. The molecule has 1 amide bonds. The average molecular weight is 505 g/mol. The molecule has 0 spiro atoms. The fraction of sp³-hybridized carbons (Fsp3) is 0.240. The highest BCUT2D eigenvalue weighted by Crippen LogP contribution is 2.44. The van der Waals surface area contributed by atoms with E-state index >= 15 is 0 Å². The zero-order chi connectivity index (χ0) is 24.5. The zero-order valence-corrected chi connectivity index (χ0v) is 21.2. The molecular weight excluding hydrogens is 480 g/mol. The van der Waals surface area contributed by atoms with Crippen LogP contribution < -0.4 is 5.32 Å². The van der Waals surface area contributed by atoms with Gasteiger partial charge in [-0.15, -0.1) is 0 Å². The fourth-order valence-corrected chi connectivity index (χ4v) is 5.64. The van der Waals surface area contributed by atoms with Crippen molar-refractivity contribution >= 4 is 39.4 Å². The number of rotatable bonds is 5. The molecule has 0 saturated carbocycles. The van der Waals surface area contributed by atoms with Crippen molar-refractivity contribution in [2.75, 3.05) is 18.2 Å². The summed E-state index contributed by atoms with van der Waals surface area (Å²) in [5.41, 5.74) is 7.46. The Balaban J connectivity index is 1.64. The molecule has 3 heterocycles. The monoisotopic (exact) mass is 504 g/mol. The van der Waals surface area contributed by atoms with Crippen LogP contribution in [-0.2, 0) is 17.6 Å². The summed E-state index contributed by atoms with van der Waals surface area (Å²) in [5.74, 6) is 0.818. The third kappa shape index (κ3) is 4.46. The first kappa shape index (κ1) is 23.3. The maximum atomic E-state index is 12.2. The summed E-state index contributed by atoms with van der Waals surface area (Å²) in [5, 5.41) is 16.4. The number of hydrogen-bond donors (Lipinski definition) is 2. The van der Waals surface area contributed by atoms with Gasteiger partial charge in [-0.1, -0.05) is 30.0 Å². The minimum absolute atomic E-state index is 0.102. The second kappa shape index (κ2) is 9.63. The number of amides is 1. The maximum absolute atomic E-state index is 12.2. The number of ether oxygens (including phenoxy) is 1. The van der Waals surface area contributed by atoms with Crippen LogP contribution in [0.4, 0.5) is 9.93 Å². The topological polar surface area (TPSA) is 106 Å². The van der Waals surface area contributed by atoms with E-state index in [-0.39, 0.29) is 11.1 Å². The van der Waals surface area contributed by atoms with E-state index in [0.717, 1.165) is 57.3 Å². The van der Waals surface area contributed by atoms with Gasteiger partial charge in [0, 0.05) is 28.6 Å². The molecule has 1 aliphatic carbocycles. The lowest BCUT2D eigenvalue weighted by Gasteiger charge is -2.14. The highest BCUT2D eigenvalue weighted by Gasteiger charge is 2.30. The van der Waals surface area contributed by atoms with Crippen LogP contribution in [0.2, 0.25) is 0 Å². The molecule has 0 aliphatic heterocycles. The van der Waals surface area contributed by atoms with Crippen LogP contribution >= 0.6 is 23.1 Å². The minimum Gasteiger partial charge on any atom is -0.481 e. The van der Waals surface area contributed by atoms with Gasteiger partial charge in [-0.25, -0.2) is 9.67 Å². The Morgan fingerprint density at radius 2 is 2.03 bits per heavy atom. The van der Waals surface area contributed by atoms with Crippen LogP contribution in [0, 0.1) is 12.3 Å². The third-order valence-electron chi connectivity index (χ3n) is 5.76. The number of anilines is 1. The number of carbonyl (C=O) groups is 1. The molecule has 0 radical (unpaired) electrons. The first-order valence-corrected chi connectivity index (χ1v) is 13.0. The number of aryl methyl sites for hydroxylation is 2. The van der Waals surface area contributed by atoms with Crippen molar-refractivity contribution in [2.45, 2.75) is 26.7 Å². The normalized spacial score (nSPS) is 12.1. The van der Waals surface area contributed by atoms with Crippen LogP contribution in [0.15, 0.2) is 42.6 Å². The van der Waals surface area contributed by atoms with Gasteiger partial charge >= 0.3 is 0 Å². The van der Waals surface area contributed by atoms with Gasteiger partial charge in [0.25, 0.3) is 5.24 Å². The molecule has 1 aliphatic rings. The summed E-state index contributed by atoms with van der Waals surface area (Å²) in [6.07, 6.45) is 3.43. The van der Waals surface area contributed by atoms with E-state index in [4.69, 9.17) is 20.2 Å². The number of methoxy groups -OCH3 is 1. The molecule has 35 heavy (non-hydrogen) atoms. The van der Waals surface area contributed by atoms with Crippen molar-refractivity contribution in [3.05, 3.63) is 65.1 Å². The van der Waals surface area contributed by atoms with E-state index in [1.165, 1.54) is 30.2 Å². The van der Waals surface area contributed by atoms with Crippen molar-refractivity contribution in [2.24, 2.45) is 0 Å². The molecule has 0 unspecified atom stereocenters. The molecule has 0 atom stereocenters. The van der Waals surface area contributed by atoms with E-state index in [2.05, 4.69) is 10.3 Å². The smallest absolute Gasteiger partial charge is 0.285 e. The van der Waals surface area contributed by atoms with E-state index in [9.17, 15) is 4.79 Å². The second-order valence-corrected chi connectivity index (χ2v) is 10.2. The number of thiazole rings is 1. The number of benzene rings is 1. The van der Waals surface area contributed by atoms with Crippen LogP contribution in [0.5, 0.6) is 0 Å². The first-order valence-electron chi connectivity index (χ1n) is 11.2. The standard InChI is InChI=1S/C25H24N6O2S2/c1-4-34-25(32)29-24-28-19-12-11-18-20(16-6-5-14(2)27-13-16)30-31(21(18)22(19)35-24)17-9-7-15(8-10-17)23(26)33-3/h5-10,13,26H,4,11-12H2,1-3H3,(H,28,29,32). The Hall–Kier alpha value is -3.50. The molecule has 0 fully saturated rings. The van der Waals surface area contributed by atoms with Gasteiger partial charge in [-0.05, 0) is 61.9 Å². The van der Waals surface area contributed by atoms with Crippen LogP contribution in [0.1, 0.15) is 29.4 Å². The zero-order valence-electron chi connectivity index (χ0n) is 19.6. The van der Waals surface area contributed by atoms with Crippen LogP contribution in [0.25, 0.3) is 27.5 Å². The molecule has 4 aromatic rings. The van der Waals surface area contributed by atoms with Gasteiger partial charge in [0.2, 0.25) is 5.90 Å². The summed E-state index contributed by atoms with van der Waals surface area (Å²) in [7, 11) is 1.49. The Morgan fingerprint density at radius 3 is 2.71 bits per heavy atom. The molecule has 0 bridgehead atoms. The summed E-state index contributed by atoms with van der Waals surface area (Å²) < 4.78 is 6.99. The van der Waals surface area contributed by atoms with Crippen molar-refractivity contribution in [1.29, 1.82) is 5.41 Å². The average Bonchev–Trinajstić information content (AvgIpc) is 3.45. The van der Waals surface area contributed by atoms with Gasteiger partial charge in [0.1, 0.15) is 0 Å². The van der Waals surface area contributed by atoms with Gasteiger partial charge in [0.15, 0.2) is 5.13 Å². The summed E-state index contributed by atoms with van der Waals surface area (Å²) in [6.45, 7) is 3.91. The predicted molar refractivity (Wildman–Crippen MR) is 141 cm³/mol. The van der Waals surface area contributed by atoms with Gasteiger partial charge in [0.05, 0.1) is 34.8 Å². The number of carbonyl (C=O) groups excluding carboxylic acids is 1. The fourth-order valence-electron chi connectivity index (χ4n) is 4.08. The molecule has 3 aromatic heterocycles. The lowest BCUT2D eigenvalue weighted by molar-refractivity contribution is 0.270. The van der Waals surface area contributed by atoms with Crippen LogP contribution in [0.3, 0.4) is 0 Å². The van der Waals surface area contributed by atoms with E-state index in [0.29, 0.717) is 16.4 Å². The van der Waals surface area contributed by atoms with Crippen LogP contribution in [-0.4, -0.2) is 43.7 Å². The van der Waals surface area contributed by atoms with E-state index in [1.54, 1.807) is 0 Å². The van der Waals surface area contributed by atoms with E-state index in [1.807, 2.05) is 61.1 Å². The Bertz CT molecular complexity index is 1410. The molecule has 10 heteroatoms. The Labute approximate surface area is 211 Å². The van der Waals surface area contributed by atoms with Crippen molar-refractivity contribution in [1.82, 2.24) is 19.7 Å². The molecule has 8 nitrogen and oxygen atoms in total. The van der Waals surface area contributed by atoms with Crippen molar-refractivity contribution < 1.29 is 9.53 Å². The highest BCUT2D eigenvalue weighted by molar-refractivity contribution is 8.13. The Morgan fingerprint density at radius 1 is 1.23 bits per heavy atom. The van der Waals surface area contributed by atoms with Gasteiger partial charge in [-0.2, -0.15) is 5.10 Å². The molecule has 2 N–H and O–H groups in total. The van der Waals surface area contributed by atoms with Gasteiger partial charge < -0.3 is 4.74 Å². The quantitative estimate of drug-likeness (QED) is 0.266. The predicted octanol–water partition coefficient (Wildman–Crippen LogP) is 5.72. The van der Waals surface area contributed by atoms with Crippen molar-refractivity contribution in [3.8, 4) is 27.5 Å². The third-order valence-corrected chi connectivity index (χ3v) is 7.43. The number of pyridine rings is 1. The minimum atomic E-state index is -0.102. The summed E-state index contributed by atoms with van der Waals surface area (Å²) >= 11 is 2.71. The largest absolute Gasteiger partial charge is 0.481 e.